The van der Waals surface area contributed by atoms with Crippen LogP contribution in [0.15, 0.2) is 140 Å². The van der Waals surface area contributed by atoms with Gasteiger partial charge in [0.15, 0.2) is 11.5 Å². The van der Waals surface area contributed by atoms with Gasteiger partial charge >= 0.3 is 0 Å². The molecule has 8 aromatic carbocycles. The maximum atomic E-state index is 7.24. The SMILES string of the molecule is CC(C)(C)c1ccc(N2c3cc4c5cc3B3c6cc7c8cc(cc9c8n(c7cc6C(C)(C)c6cccc2c63)-c2ccc(C(C)(C)C)cc2O9)C(C)(C)CC(C)(C)c2ccc(c5c2)n4-c2ccc(C(C)(C)C)cc2)cc1. The molecule has 0 atom stereocenters. The molecule has 0 amide bonds. The summed E-state index contributed by atoms with van der Waals surface area (Å²) in [7, 11) is 0. The summed E-state index contributed by atoms with van der Waals surface area (Å²) in [4.78, 5) is 2.60. The fourth-order valence-corrected chi connectivity index (χ4v) is 14.4. The molecule has 4 nitrogen and oxygen atoms in total. The van der Waals surface area contributed by atoms with Gasteiger partial charge in [0.05, 0.1) is 27.8 Å². The van der Waals surface area contributed by atoms with Crippen molar-refractivity contribution < 1.29 is 4.74 Å². The lowest BCUT2D eigenvalue weighted by Gasteiger charge is -2.45. The van der Waals surface area contributed by atoms with Gasteiger partial charge in [0, 0.05) is 49.7 Å². The third-order valence-electron chi connectivity index (χ3n) is 18.4. The average Bonchev–Trinajstić information content (AvgIpc) is 3.92. The van der Waals surface area contributed by atoms with Crippen LogP contribution in [0.25, 0.3) is 55.0 Å². The van der Waals surface area contributed by atoms with Crippen LogP contribution in [0, 0.1) is 0 Å². The first kappa shape index (κ1) is 46.5. The molecule has 0 N–H and O–H groups in total. The number of hydrogen-bond acceptors (Lipinski definition) is 2. The molecule has 4 aliphatic heterocycles. The number of ether oxygens (including phenoxy) is 1. The Morgan fingerprint density at radius 2 is 1.03 bits per heavy atom. The standard InChI is InChI=1S/C70H70BN3O/c1-65(2,3)40-19-25-45(26-20-40)72-55-29-24-43-31-47(55)48-36-54-60(38-59(48)72)73(46-27-21-41(22-28-46)66(4,5)6)57-18-16-17-51-63(57)71(54)53-35-49-50-32-44(69(12,13)39-68(43,10)11)34-62-64(50)74(58(49)37-52(53)70(51,14)15)56-30-23-42(67(7,8)9)33-61(56)75-62/h16-38H,39H2,1-15H3. The van der Waals surface area contributed by atoms with E-state index >= 15 is 0 Å². The van der Waals surface area contributed by atoms with E-state index in [1.807, 2.05) is 0 Å². The highest BCUT2D eigenvalue weighted by Crippen LogP contribution is 2.52. The van der Waals surface area contributed by atoms with E-state index in [1.54, 1.807) is 0 Å². The van der Waals surface area contributed by atoms with Crippen molar-refractivity contribution >= 4 is 83.8 Å². The van der Waals surface area contributed by atoms with Crippen molar-refractivity contribution in [3.05, 3.63) is 178 Å². The molecule has 0 spiro atoms. The van der Waals surface area contributed by atoms with E-state index in [2.05, 4.69) is 257 Å². The van der Waals surface area contributed by atoms with E-state index < -0.39 is 0 Å². The zero-order valence-electron chi connectivity index (χ0n) is 46.8. The molecule has 0 fully saturated rings. The Bertz CT molecular complexity index is 4140. The lowest BCUT2D eigenvalue weighted by Crippen LogP contribution is -2.64. The van der Waals surface area contributed by atoms with Gasteiger partial charge < -0.3 is 18.8 Å². The number of nitrogens with zero attached hydrogens (tertiary/aromatic N) is 3. The minimum Gasteiger partial charge on any atom is -0.453 e. The molecular formula is C70H70BN3O. The van der Waals surface area contributed by atoms with E-state index in [4.69, 9.17) is 4.74 Å². The van der Waals surface area contributed by atoms with Crippen LogP contribution in [0.3, 0.4) is 0 Å². The number of fused-ring (bicyclic) bond motifs is 5. The highest BCUT2D eigenvalue weighted by atomic mass is 16.5. The molecule has 75 heavy (non-hydrogen) atoms. The number of rotatable bonds is 2. The van der Waals surface area contributed by atoms with Gasteiger partial charge in [0.25, 0.3) is 0 Å². The van der Waals surface area contributed by atoms with Gasteiger partial charge in [-0.15, -0.1) is 0 Å². The van der Waals surface area contributed by atoms with Crippen LogP contribution in [0.4, 0.5) is 17.1 Å². The summed E-state index contributed by atoms with van der Waals surface area (Å²) in [5.41, 5.74) is 23.6. The van der Waals surface area contributed by atoms with Crippen molar-refractivity contribution in [2.45, 2.75) is 143 Å². The van der Waals surface area contributed by atoms with Gasteiger partial charge in [-0.25, -0.2) is 0 Å². The molecule has 0 radical (unpaired) electrons. The summed E-state index contributed by atoms with van der Waals surface area (Å²) in [6.07, 6.45) is 0.941. The number of anilines is 3. The molecular weight excluding hydrogens is 910 g/mol. The van der Waals surface area contributed by atoms with Crippen molar-refractivity contribution in [1.29, 1.82) is 0 Å². The molecule has 0 aliphatic carbocycles. The zero-order chi connectivity index (χ0) is 52.4. The molecule has 0 saturated heterocycles. The minimum atomic E-state index is -0.317. The second-order valence-corrected chi connectivity index (χ2v) is 27.9. The second kappa shape index (κ2) is 14.7. The van der Waals surface area contributed by atoms with Crippen LogP contribution in [0.1, 0.15) is 149 Å². The van der Waals surface area contributed by atoms with Crippen LogP contribution in [-0.4, -0.2) is 15.8 Å². The maximum absolute atomic E-state index is 7.24. The predicted octanol–water partition coefficient (Wildman–Crippen LogP) is 16.8. The lowest BCUT2D eigenvalue weighted by atomic mass is 9.30. The van der Waals surface area contributed by atoms with Crippen molar-refractivity contribution in [2.75, 3.05) is 4.90 Å². The maximum Gasteiger partial charge on any atom is 0.247 e. The van der Waals surface area contributed by atoms with Crippen LogP contribution < -0.4 is 26.0 Å². The van der Waals surface area contributed by atoms with Crippen LogP contribution >= 0.6 is 0 Å². The van der Waals surface area contributed by atoms with E-state index in [0.717, 1.165) is 29.1 Å². The Morgan fingerprint density at radius 1 is 0.440 bits per heavy atom. The average molecular weight is 980 g/mol. The third-order valence-corrected chi connectivity index (χ3v) is 18.4. The van der Waals surface area contributed by atoms with Crippen LogP contribution in [0.2, 0.25) is 0 Å². The Balaban J connectivity index is 1.14. The molecule has 10 aromatic rings. The summed E-state index contributed by atoms with van der Waals surface area (Å²) >= 11 is 0. The van der Waals surface area contributed by atoms with Gasteiger partial charge in [0.1, 0.15) is 0 Å². The molecule has 2 aromatic heterocycles. The van der Waals surface area contributed by atoms with Crippen molar-refractivity contribution in [3.63, 3.8) is 0 Å². The van der Waals surface area contributed by atoms with E-state index in [1.165, 1.54) is 116 Å². The number of aromatic nitrogens is 2. The lowest BCUT2D eigenvalue weighted by molar-refractivity contribution is 0.348. The Hall–Kier alpha value is -6.98. The molecule has 5 heteroatoms. The van der Waals surface area contributed by atoms with Crippen LogP contribution in [-0.2, 0) is 32.5 Å². The predicted molar refractivity (Wildman–Crippen MR) is 320 cm³/mol. The van der Waals surface area contributed by atoms with Crippen molar-refractivity contribution in [3.8, 4) is 22.9 Å². The number of hydrogen-bond donors (Lipinski definition) is 0. The second-order valence-electron chi connectivity index (χ2n) is 27.9. The van der Waals surface area contributed by atoms with E-state index in [-0.39, 0.29) is 39.2 Å². The molecule has 374 valence electrons. The first-order chi connectivity index (χ1) is 35.3. The molecule has 14 rings (SSSR count). The summed E-state index contributed by atoms with van der Waals surface area (Å²) < 4.78 is 12.3. The molecule has 0 unspecified atom stereocenters. The third kappa shape index (κ3) is 6.49. The van der Waals surface area contributed by atoms with E-state index in [0.29, 0.717) is 0 Å². The highest BCUT2D eigenvalue weighted by molar-refractivity contribution is 6.99. The molecule has 6 heterocycles. The quantitative estimate of drug-likeness (QED) is 0.161. The fraction of sp³-hybridized carbons (Fsp3) is 0.314. The van der Waals surface area contributed by atoms with Crippen LogP contribution in [0.5, 0.6) is 11.5 Å². The first-order valence-electron chi connectivity index (χ1n) is 27.6. The zero-order valence-corrected chi connectivity index (χ0v) is 46.8. The topological polar surface area (TPSA) is 22.3 Å². The summed E-state index contributed by atoms with van der Waals surface area (Å²) in [6.45, 7) is 35.5. The summed E-state index contributed by atoms with van der Waals surface area (Å²) in [6, 6.07) is 55.6. The normalized spacial score (nSPS) is 16.8. The molecule has 0 saturated carbocycles. The Labute approximate surface area is 444 Å². The minimum absolute atomic E-state index is 0.0226. The Morgan fingerprint density at radius 3 is 1.71 bits per heavy atom. The van der Waals surface area contributed by atoms with Crippen molar-refractivity contribution in [1.82, 2.24) is 9.13 Å². The van der Waals surface area contributed by atoms with Gasteiger partial charge in [-0.1, -0.05) is 170 Å². The fourth-order valence-electron chi connectivity index (χ4n) is 14.4. The smallest absolute Gasteiger partial charge is 0.247 e. The largest absolute Gasteiger partial charge is 0.453 e. The van der Waals surface area contributed by atoms with Gasteiger partial charge in [-0.2, -0.15) is 0 Å². The molecule has 4 aliphatic rings. The van der Waals surface area contributed by atoms with E-state index in [9.17, 15) is 0 Å². The van der Waals surface area contributed by atoms with Gasteiger partial charge in [-0.05, 0) is 162 Å². The highest BCUT2D eigenvalue weighted by Gasteiger charge is 2.47. The van der Waals surface area contributed by atoms with Gasteiger partial charge in [0.2, 0.25) is 6.71 Å². The summed E-state index contributed by atoms with van der Waals surface area (Å²) in [5.74, 6) is 1.86. The summed E-state index contributed by atoms with van der Waals surface area (Å²) in [5, 5.41) is 5.13. The Kier molecular flexibility index (Phi) is 9.12. The molecule has 8 bridgehead atoms. The van der Waals surface area contributed by atoms with Gasteiger partial charge in [-0.3, -0.25) is 0 Å². The monoisotopic (exact) mass is 980 g/mol. The number of benzene rings is 8. The first-order valence-corrected chi connectivity index (χ1v) is 27.6. The van der Waals surface area contributed by atoms with Crippen molar-refractivity contribution in [2.24, 2.45) is 0 Å².